The van der Waals surface area contributed by atoms with Crippen LogP contribution in [0.5, 0.6) is 17.4 Å². The Morgan fingerprint density at radius 3 is 2.59 bits per heavy atom. The van der Waals surface area contributed by atoms with E-state index in [2.05, 4.69) is 10.3 Å². The molecule has 2 heterocycles. The third-order valence-electron chi connectivity index (χ3n) is 6.02. The smallest absolute Gasteiger partial charge is 0.408 e. The molecule has 1 aromatic carbocycles. The number of hydrogen-bond acceptors (Lipinski definition) is 5. The topological polar surface area (TPSA) is 101 Å². The fraction of sp³-hybridized carbons (Fsp3) is 0.458. The minimum absolute atomic E-state index is 0.0814. The minimum Gasteiger partial charge on any atom is -0.492 e. The van der Waals surface area contributed by atoms with Gasteiger partial charge in [-0.1, -0.05) is 13.0 Å². The number of hydrogen-bond donors (Lipinski definition) is 2. The summed E-state index contributed by atoms with van der Waals surface area (Å²) in [6, 6.07) is 8.35. The van der Waals surface area contributed by atoms with Crippen LogP contribution in [-0.4, -0.2) is 45.2 Å². The molecule has 1 aliphatic heterocycles. The molecule has 0 unspecified atom stereocenters. The standard InChI is InChI=1S/C24H29N3O5/c1-5-16(27(22(29)30)23(2,3)4)21(28)26-15-9-10-19(25-13-15)32-18-8-6-7-17-20(18)24(11-12-24)14-31-17/h6-10,13,16H,5,11-12,14H2,1-4H3,(H,26,28)(H,29,30)/t16-/m1/s1. The molecule has 1 saturated carbocycles. The van der Waals surface area contributed by atoms with Crippen molar-refractivity contribution in [2.45, 2.75) is 64.0 Å². The monoisotopic (exact) mass is 439 g/mol. The van der Waals surface area contributed by atoms with Gasteiger partial charge >= 0.3 is 6.09 Å². The molecular formula is C24H29N3O5. The number of anilines is 1. The first-order valence-corrected chi connectivity index (χ1v) is 10.9. The van der Waals surface area contributed by atoms with Crippen molar-refractivity contribution in [2.24, 2.45) is 0 Å². The molecule has 2 amide bonds. The zero-order valence-corrected chi connectivity index (χ0v) is 18.8. The molecule has 8 heteroatoms. The molecule has 2 aliphatic rings. The number of nitrogens with one attached hydrogen (secondary N) is 1. The van der Waals surface area contributed by atoms with Crippen LogP contribution in [0.25, 0.3) is 0 Å². The highest BCUT2D eigenvalue weighted by Gasteiger charge is 2.52. The predicted octanol–water partition coefficient (Wildman–Crippen LogP) is 4.79. The molecule has 2 N–H and O–H groups in total. The average molecular weight is 440 g/mol. The largest absolute Gasteiger partial charge is 0.492 e. The van der Waals surface area contributed by atoms with Gasteiger partial charge in [0, 0.05) is 22.6 Å². The molecule has 1 atom stereocenters. The Bertz CT molecular complexity index is 1020. The lowest BCUT2D eigenvalue weighted by atomic mass is 9.97. The number of pyridine rings is 1. The molecule has 8 nitrogen and oxygen atoms in total. The van der Waals surface area contributed by atoms with Crippen molar-refractivity contribution >= 4 is 17.7 Å². The molecule has 4 rings (SSSR count). The van der Waals surface area contributed by atoms with Gasteiger partial charge in [0.1, 0.15) is 17.5 Å². The van der Waals surface area contributed by atoms with Crippen molar-refractivity contribution in [3.05, 3.63) is 42.1 Å². The lowest BCUT2D eigenvalue weighted by Crippen LogP contribution is -2.55. The van der Waals surface area contributed by atoms with E-state index >= 15 is 0 Å². The molecule has 0 saturated heterocycles. The van der Waals surface area contributed by atoms with E-state index in [-0.39, 0.29) is 5.41 Å². The van der Waals surface area contributed by atoms with Gasteiger partial charge in [-0.15, -0.1) is 0 Å². The van der Waals surface area contributed by atoms with Crippen molar-refractivity contribution in [3.63, 3.8) is 0 Å². The van der Waals surface area contributed by atoms with Crippen LogP contribution in [0.2, 0.25) is 0 Å². The molecule has 0 bridgehead atoms. The summed E-state index contributed by atoms with van der Waals surface area (Å²) in [5.74, 6) is 1.63. The second-order valence-electron chi connectivity index (χ2n) is 9.42. The Balaban J connectivity index is 1.46. The van der Waals surface area contributed by atoms with Crippen LogP contribution in [0, 0.1) is 0 Å². The van der Waals surface area contributed by atoms with Crippen LogP contribution >= 0.6 is 0 Å². The van der Waals surface area contributed by atoms with Crippen LogP contribution in [0.4, 0.5) is 10.5 Å². The van der Waals surface area contributed by atoms with E-state index < -0.39 is 23.6 Å². The maximum atomic E-state index is 12.8. The average Bonchev–Trinajstić information content (AvgIpc) is 3.41. The Labute approximate surface area is 187 Å². The van der Waals surface area contributed by atoms with E-state index in [1.807, 2.05) is 18.2 Å². The first-order chi connectivity index (χ1) is 15.1. The summed E-state index contributed by atoms with van der Waals surface area (Å²) < 4.78 is 11.9. The van der Waals surface area contributed by atoms with Gasteiger partial charge in [-0.3, -0.25) is 9.69 Å². The number of rotatable bonds is 6. The molecule has 1 fully saturated rings. The zero-order valence-electron chi connectivity index (χ0n) is 18.8. The van der Waals surface area contributed by atoms with Crippen LogP contribution in [-0.2, 0) is 10.2 Å². The fourth-order valence-corrected chi connectivity index (χ4v) is 4.30. The number of benzene rings is 1. The Hall–Kier alpha value is -3.29. The zero-order chi connectivity index (χ0) is 23.1. The summed E-state index contributed by atoms with van der Waals surface area (Å²) in [6.07, 6.45) is 2.93. The molecule has 2 aromatic rings. The molecule has 32 heavy (non-hydrogen) atoms. The van der Waals surface area contributed by atoms with Gasteiger partial charge in [-0.2, -0.15) is 0 Å². The summed E-state index contributed by atoms with van der Waals surface area (Å²) >= 11 is 0. The number of carbonyl (C=O) groups is 2. The number of carboxylic acid groups (broad SMARTS) is 1. The number of ether oxygens (including phenoxy) is 2. The SMILES string of the molecule is CC[C@H](C(=O)Nc1ccc(Oc2cccc3c2C2(CC2)CO3)nc1)N(C(=O)O)C(C)(C)C. The van der Waals surface area contributed by atoms with Crippen LogP contribution in [0.3, 0.4) is 0 Å². The van der Waals surface area contributed by atoms with E-state index in [4.69, 9.17) is 9.47 Å². The van der Waals surface area contributed by atoms with Gasteiger partial charge < -0.3 is 19.9 Å². The number of aromatic nitrogens is 1. The third-order valence-corrected chi connectivity index (χ3v) is 6.02. The highest BCUT2D eigenvalue weighted by molar-refractivity contribution is 5.96. The van der Waals surface area contributed by atoms with Crippen molar-refractivity contribution in [1.29, 1.82) is 0 Å². The van der Waals surface area contributed by atoms with Gasteiger partial charge in [-0.25, -0.2) is 9.78 Å². The summed E-state index contributed by atoms with van der Waals surface area (Å²) in [7, 11) is 0. The predicted molar refractivity (Wildman–Crippen MR) is 119 cm³/mol. The van der Waals surface area contributed by atoms with E-state index in [1.165, 1.54) is 11.1 Å². The lowest BCUT2D eigenvalue weighted by Gasteiger charge is -2.38. The normalized spacial score (nSPS) is 16.6. The maximum Gasteiger partial charge on any atom is 0.408 e. The van der Waals surface area contributed by atoms with Crippen molar-refractivity contribution in [1.82, 2.24) is 9.88 Å². The highest BCUT2D eigenvalue weighted by Crippen LogP contribution is 2.58. The van der Waals surface area contributed by atoms with Crippen molar-refractivity contribution in [2.75, 3.05) is 11.9 Å². The Morgan fingerprint density at radius 1 is 1.28 bits per heavy atom. The van der Waals surface area contributed by atoms with Crippen molar-refractivity contribution in [3.8, 4) is 17.4 Å². The molecule has 1 aliphatic carbocycles. The van der Waals surface area contributed by atoms with Crippen molar-refractivity contribution < 1.29 is 24.2 Å². The number of nitrogens with zero attached hydrogens (tertiary/aromatic N) is 2. The van der Waals surface area contributed by atoms with E-state index in [9.17, 15) is 14.7 Å². The summed E-state index contributed by atoms with van der Waals surface area (Å²) in [4.78, 5) is 30.1. The van der Waals surface area contributed by atoms with Crippen LogP contribution in [0.1, 0.15) is 52.5 Å². The minimum atomic E-state index is -1.13. The molecule has 170 valence electrons. The summed E-state index contributed by atoms with van der Waals surface area (Å²) in [5.41, 5.74) is 0.956. The fourth-order valence-electron chi connectivity index (χ4n) is 4.30. The number of carbonyl (C=O) groups excluding carboxylic acids is 1. The molecule has 0 radical (unpaired) electrons. The lowest BCUT2D eigenvalue weighted by molar-refractivity contribution is -0.122. The van der Waals surface area contributed by atoms with Gasteiger partial charge in [0.2, 0.25) is 11.8 Å². The quantitative estimate of drug-likeness (QED) is 0.671. The molecule has 1 spiro atoms. The van der Waals surface area contributed by atoms with E-state index in [1.54, 1.807) is 39.8 Å². The van der Waals surface area contributed by atoms with Crippen LogP contribution in [0.15, 0.2) is 36.5 Å². The van der Waals surface area contributed by atoms with Gasteiger partial charge in [0.25, 0.3) is 0 Å². The molecular weight excluding hydrogens is 410 g/mol. The third kappa shape index (κ3) is 4.09. The summed E-state index contributed by atoms with van der Waals surface area (Å²) in [5, 5.41) is 12.4. The first kappa shape index (κ1) is 21.9. The van der Waals surface area contributed by atoms with Gasteiger partial charge in [-0.05, 0) is 58.2 Å². The highest BCUT2D eigenvalue weighted by atomic mass is 16.5. The first-order valence-electron chi connectivity index (χ1n) is 10.9. The van der Waals surface area contributed by atoms with Gasteiger partial charge in [0.15, 0.2) is 0 Å². The Kier molecular flexibility index (Phi) is 5.48. The van der Waals surface area contributed by atoms with E-state index in [0.717, 1.165) is 29.9 Å². The van der Waals surface area contributed by atoms with E-state index in [0.29, 0.717) is 24.6 Å². The van der Waals surface area contributed by atoms with Crippen LogP contribution < -0.4 is 14.8 Å². The summed E-state index contributed by atoms with van der Waals surface area (Å²) in [6.45, 7) is 7.78. The second-order valence-corrected chi connectivity index (χ2v) is 9.42. The van der Waals surface area contributed by atoms with Gasteiger partial charge in [0.05, 0.1) is 18.5 Å². The number of amides is 2. The molecule has 1 aromatic heterocycles. The second kappa shape index (κ2) is 8.00. The maximum absolute atomic E-state index is 12.8. The number of fused-ring (bicyclic) bond motifs is 2. The Morgan fingerprint density at radius 2 is 2.03 bits per heavy atom.